The Bertz CT molecular complexity index is 1520. The van der Waals surface area contributed by atoms with Crippen LogP contribution >= 0.6 is 0 Å². The Morgan fingerprint density at radius 2 is 1.42 bits per heavy atom. The zero-order valence-electron chi connectivity index (χ0n) is 19.8. The van der Waals surface area contributed by atoms with Crippen molar-refractivity contribution in [3.05, 3.63) is 125 Å². The van der Waals surface area contributed by atoms with Gasteiger partial charge in [0.15, 0.2) is 11.6 Å². The standard InChI is InChI=1S/C30H25NO4S/c1-20-11-14-24(15-12-20)36(34,35)31-19-23-18-30(28(32)25-9-5-6-10-26(25)29(30)33)17-22(23)13-16-27(31)21-7-3-2-4-8-21/h2-16,19,22,27H,17-18H2,1H3/t22-,27+/m1/s1. The van der Waals surface area contributed by atoms with E-state index in [1.807, 2.05) is 49.4 Å². The van der Waals surface area contributed by atoms with E-state index in [-0.39, 0.29) is 28.8 Å². The number of aryl methyl sites for hydroxylation is 1. The molecule has 6 heteroatoms. The maximum absolute atomic E-state index is 14.0. The van der Waals surface area contributed by atoms with Crippen LogP contribution in [0.1, 0.15) is 50.7 Å². The summed E-state index contributed by atoms with van der Waals surface area (Å²) in [6, 6.07) is 22.7. The molecule has 0 bridgehead atoms. The van der Waals surface area contributed by atoms with Gasteiger partial charge in [-0.2, -0.15) is 0 Å². The molecule has 0 amide bonds. The molecule has 2 atom stereocenters. The minimum absolute atomic E-state index is 0.155. The van der Waals surface area contributed by atoms with Crippen LogP contribution in [-0.4, -0.2) is 24.3 Å². The molecule has 5 nitrogen and oxygen atoms in total. The summed E-state index contributed by atoms with van der Waals surface area (Å²) in [5, 5.41) is 0. The predicted octanol–water partition coefficient (Wildman–Crippen LogP) is 5.66. The third-order valence-corrected chi connectivity index (χ3v) is 9.42. The second kappa shape index (κ2) is 8.14. The summed E-state index contributed by atoms with van der Waals surface area (Å²) in [7, 11) is -3.92. The Hall–Kier alpha value is -3.77. The number of allylic oxidation sites excluding steroid dienone is 2. The Kier molecular flexibility index (Phi) is 5.12. The van der Waals surface area contributed by atoms with Gasteiger partial charge in [0.25, 0.3) is 10.0 Å². The first-order valence-electron chi connectivity index (χ1n) is 12.0. The fraction of sp³-hybridized carbons (Fsp3) is 0.200. The molecular weight excluding hydrogens is 470 g/mol. The van der Waals surface area contributed by atoms with E-state index >= 15 is 0 Å². The lowest BCUT2D eigenvalue weighted by atomic mass is 9.80. The lowest BCUT2D eigenvalue weighted by Gasteiger charge is -2.28. The van der Waals surface area contributed by atoms with E-state index in [2.05, 4.69) is 0 Å². The van der Waals surface area contributed by atoms with Gasteiger partial charge in [-0.05, 0) is 43.0 Å². The minimum atomic E-state index is -3.92. The molecule has 0 saturated heterocycles. The van der Waals surface area contributed by atoms with Gasteiger partial charge in [-0.15, -0.1) is 0 Å². The van der Waals surface area contributed by atoms with E-state index in [0.29, 0.717) is 17.5 Å². The summed E-state index contributed by atoms with van der Waals surface area (Å²) in [6.07, 6.45) is 6.12. The van der Waals surface area contributed by atoms with Crippen molar-refractivity contribution in [3.8, 4) is 0 Å². The van der Waals surface area contributed by atoms with Crippen molar-refractivity contribution >= 4 is 21.6 Å². The van der Waals surface area contributed by atoms with Crippen LogP contribution in [0.15, 0.2) is 108 Å². The molecule has 1 saturated carbocycles. The van der Waals surface area contributed by atoms with E-state index in [1.54, 1.807) is 54.7 Å². The highest BCUT2D eigenvalue weighted by atomic mass is 32.2. The number of carbonyl (C=O) groups excluding carboxylic acids is 2. The topological polar surface area (TPSA) is 71.5 Å². The molecule has 36 heavy (non-hydrogen) atoms. The first kappa shape index (κ1) is 22.7. The van der Waals surface area contributed by atoms with E-state index in [9.17, 15) is 18.0 Å². The van der Waals surface area contributed by atoms with Gasteiger partial charge in [-0.3, -0.25) is 13.9 Å². The minimum Gasteiger partial charge on any atom is -0.293 e. The molecule has 3 aromatic rings. The lowest BCUT2D eigenvalue weighted by molar-refractivity contribution is 0.0704. The number of sulfonamides is 1. The molecule has 0 aromatic heterocycles. The van der Waals surface area contributed by atoms with Gasteiger partial charge < -0.3 is 0 Å². The first-order valence-corrected chi connectivity index (χ1v) is 13.5. The number of rotatable bonds is 3. The van der Waals surface area contributed by atoms with Crippen LogP contribution in [0, 0.1) is 18.3 Å². The number of hydrogen-bond acceptors (Lipinski definition) is 4. The Morgan fingerprint density at radius 3 is 2.06 bits per heavy atom. The van der Waals surface area contributed by atoms with Gasteiger partial charge in [-0.1, -0.05) is 84.4 Å². The largest absolute Gasteiger partial charge is 0.293 e. The van der Waals surface area contributed by atoms with E-state index in [4.69, 9.17) is 0 Å². The molecule has 0 unspecified atom stereocenters. The first-order chi connectivity index (χ1) is 17.3. The fourth-order valence-electron chi connectivity index (χ4n) is 5.76. The monoisotopic (exact) mass is 495 g/mol. The SMILES string of the molecule is Cc1ccc(S(=O)(=O)N2C=C3CC4(C[C@H]3C=C[C@H]2c2ccccc2)C(=O)c2ccccc2C4=O)cc1. The van der Waals surface area contributed by atoms with Crippen molar-refractivity contribution in [2.75, 3.05) is 0 Å². The lowest BCUT2D eigenvalue weighted by Crippen LogP contribution is -2.31. The Balaban J connectivity index is 1.46. The maximum Gasteiger partial charge on any atom is 0.264 e. The Labute approximate surface area is 210 Å². The number of nitrogens with zero attached hydrogens (tertiary/aromatic N) is 1. The van der Waals surface area contributed by atoms with E-state index in [0.717, 1.165) is 16.7 Å². The van der Waals surface area contributed by atoms with Crippen LogP contribution in [0.25, 0.3) is 0 Å². The number of hydrogen-bond donors (Lipinski definition) is 0. The van der Waals surface area contributed by atoms with Gasteiger partial charge in [0, 0.05) is 23.2 Å². The molecule has 1 spiro atoms. The highest BCUT2D eigenvalue weighted by Gasteiger charge is 2.58. The van der Waals surface area contributed by atoms with Gasteiger partial charge in [0.05, 0.1) is 10.9 Å². The smallest absolute Gasteiger partial charge is 0.264 e. The third-order valence-electron chi connectivity index (χ3n) is 7.67. The van der Waals surface area contributed by atoms with E-state index < -0.39 is 21.5 Å². The third kappa shape index (κ3) is 3.32. The highest BCUT2D eigenvalue weighted by molar-refractivity contribution is 7.89. The maximum atomic E-state index is 14.0. The molecule has 2 aliphatic carbocycles. The predicted molar refractivity (Wildman–Crippen MR) is 137 cm³/mol. The summed E-state index contributed by atoms with van der Waals surface area (Å²) in [5.41, 5.74) is 2.37. The molecule has 0 N–H and O–H groups in total. The van der Waals surface area contributed by atoms with Crippen molar-refractivity contribution in [1.29, 1.82) is 0 Å². The van der Waals surface area contributed by atoms with Crippen molar-refractivity contribution < 1.29 is 18.0 Å². The van der Waals surface area contributed by atoms with Crippen molar-refractivity contribution in [2.45, 2.75) is 30.7 Å². The van der Waals surface area contributed by atoms with Crippen molar-refractivity contribution in [1.82, 2.24) is 4.31 Å². The fourth-order valence-corrected chi connectivity index (χ4v) is 7.25. The van der Waals surface area contributed by atoms with Gasteiger partial charge in [-0.25, -0.2) is 8.42 Å². The second-order valence-corrected chi connectivity index (χ2v) is 11.7. The summed E-state index contributed by atoms with van der Waals surface area (Å²) in [6.45, 7) is 1.91. The molecule has 3 aliphatic rings. The van der Waals surface area contributed by atoms with Crippen LogP contribution in [0.2, 0.25) is 0 Å². The average molecular weight is 496 g/mol. The van der Waals surface area contributed by atoms with Gasteiger partial charge >= 0.3 is 0 Å². The van der Waals surface area contributed by atoms with Gasteiger partial charge in [0.1, 0.15) is 5.41 Å². The molecule has 1 heterocycles. The van der Waals surface area contributed by atoms with Crippen LogP contribution in [0.4, 0.5) is 0 Å². The van der Waals surface area contributed by atoms with Gasteiger partial charge in [0.2, 0.25) is 0 Å². The van der Waals surface area contributed by atoms with Crippen LogP contribution in [-0.2, 0) is 10.0 Å². The number of carbonyl (C=O) groups is 2. The van der Waals surface area contributed by atoms with E-state index in [1.165, 1.54) is 4.31 Å². The van der Waals surface area contributed by atoms with Crippen molar-refractivity contribution in [2.24, 2.45) is 11.3 Å². The van der Waals surface area contributed by atoms with Crippen LogP contribution in [0.5, 0.6) is 0 Å². The zero-order chi connectivity index (χ0) is 25.1. The number of ketones is 2. The zero-order valence-corrected chi connectivity index (χ0v) is 20.6. The normalized spacial score (nSPS) is 22.4. The molecular formula is C30H25NO4S. The molecule has 0 radical (unpaired) electrons. The van der Waals surface area contributed by atoms with Crippen molar-refractivity contribution in [3.63, 3.8) is 0 Å². The molecule has 6 rings (SSSR count). The number of Topliss-reactive ketones (excluding diaryl/α,β-unsaturated/α-hetero) is 2. The molecule has 1 aliphatic heterocycles. The summed E-state index contributed by atoms with van der Waals surface area (Å²) in [4.78, 5) is 27.1. The summed E-state index contributed by atoms with van der Waals surface area (Å²) >= 11 is 0. The van der Waals surface area contributed by atoms with Crippen LogP contribution in [0.3, 0.4) is 0 Å². The average Bonchev–Trinajstić information content (AvgIpc) is 3.28. The molecule has 180 valence electrons. The highest BCUT2D eigenvalue weighted by Crippen LogP contribution is 2.54. The number of fused-ring (bicyclic) bond motifs is 2. The number of benzene rings is 3. The van der Waals surface area contributed by atoms with Crippen LogP contribution < -0.4 is 0 Å². The molecule has 1 fully saturated rings. The molecule has 3 aromatic carbocycles. The summed E-state index contributed by atoms with van der Waals surface area (Å²) < 4.78 is 29.3. The summed E-state index contributed by atoms with van der Waals surface area (Å²) in [5.74, 6) is -0.507. The quantitative estimate of drug-likeness (QED) is 0.347. The Morgan fingerprint density at radius 1 is 0.806 bits per heavy atom. The second-order valence-electron chi connectivity index (χ2n) is 9.87.